The number of hydrogen-bond acceptors (Lipinski definition) is 5. The van der Waals surface area contributed by atoms with E-state index in [1.54, 1.807) is 38.3 Å². The maximum absolute atomic E-state index is 10.6. The maximum Gasteiger partial charge on any atom is 0.273 e. The van der Waals surface area contributed by atoms with E-state index in [0.29, 0.717) is 17.0 Å². The summed E-state index contributed by atoms with van der Waals surface area (Å²) < 4.78 is 5.06. The van der Waals surface area contributed by atoms with Crippen molar-refractivity contribution < 1.29 is 14.8 Å². The molecule has 0 aromatic heterocycles. The van der Waals surface area contributed by atoms with E-state index in [-0.39, 0.29) is 11.4 Å². The number of benzene rings is 2. The molecule has 21 heavy (non-hydrogen) atoms. The van der Waals surface area contributed by atoms with E-state index >= 15 is 0 Å². The molecular weight excluding hydrogens is 272 g/mol. The van der Waals surface area contributed by atoms with Crippen molar-refractivity contribution in [2.24, 2.45) is 4.99 Å². The summed E-state index contributed by atoms with van der Waals surface area (Å²) in [5.74, 6) is 0.559. The SMILES string of the molecule is COc1ccc(N=C(C)c2ccc([N+](=O)[O-])cc2O)cc1. The van der Waals surface area contributed by atoms with Gasteiger partial charge in [-0.25, -0.2) is 0 Å². The minimum Gasteiger partial charge on any atom is -0.507 e. The number of nitrogens with zero attached hydrogens (tertiary/aromatic N) is 2. The number of methoxy groups -OCH3 is 1. The van der Waals surface area contributed by atoms with Gasteiger partial charge in [0.2, 0.25) is 0 Å². The van der Waals surface area contributed by atoms with Crippen LogP contribution in [-0.4, -0.2) is 22.9 Å². The Labute approximate surface area is 121 Å². The molecule has 0 saturated carbocycles. The molecule has 0 atom stereocenters. The van der Waals surface area contributed by atoms with Gasteiger partial charge in [0.15, 0.2) is 0 Å². The third-order valence-electron chi connectivity index (χ3n) is 2.95. The number of aliphatic imine (C=N–C) groups is 1. The predicted molar refractivity (Wildman–Crippen MR) is 79.6 cm³/mol. The second-order valence-corrected chi connectivity index (χ2v) is 4.35. The lowest BCUT2D eigenvalue weighted by Gasteiger charge is -2.05. The molecule has 0 aliphatic carbocycles. The average Bonchev–Trinajstić information content (AvgIpc) is 2.47. The second-order valence-electron chi connectivity index (χ2n) is 4.35. The normalized spacial score (nSPS) is 11.2. The number of hydrogen-bond donors (Lipinski definition) is 1. The number of phenols is 1. The van der Waals surface area contributed by atoms with Gasteiger partial charge in [0.25, 0.3) is 5.69 Å². The van der Waals surface area contributed by atoms with Gasteiger partial charge in [-0.1, -0.05) is 0 Å². The highest BCUT2D eigenvalue weighted by Gasteiger charge is 2.11. The van der Waals surface area contributed by atoms with Gasteiger partial charge in [-0.15, -0.1) is 0 Å². The van der Waals surface area contributed by atoms with Crippen molar-refractivity contribution in [1.82, 2.24) is 0 Å². The molecule has 6 heteroatoms. The molecule has 0 heterocycles. The molecule has 0 bridgehead atoms. The van der Waals surface area contributed by atoms with E-state index in [1.165, 1.54) is 12.1 Å². The molecule has 2 rings (SSSR count). The van der Waals surface area contributed by atoms with Gasteiger partial charge in [0, 0.05) is 17.3 Å². The monoisotopic (exact) mass is 286 g/mol. The van der Waals surface area contributed by atoms with Crippen LogP contribution in [0, 0.1) is 10.1 Å². The fourth-order valence-corrected chi connectivity index (χ4v) is 1.85. The van der Waals surface area contributed by atoms with Crippen LogP contribution in [0.15, 0.2) is 47.5 Å². The first-order valence-electron chi connectivity index (χ1n) is 6.18. The lowest BCUT2D eigenvalue weighted by molar-refractivity contribution is -0.384. The van der Waals surface area contributed by atoms with Crippen LogP contribution in [0.1, 0.15) is 12.5 Å². The van der Waals surface area contributed by atoms with Gasteiger partial charge in [-0.2, -0.15) is 0 Å². The maximum atomic E-state index is 10.6. The Bertz CT molecular complexity index is 693. The predicted octanol–water partition coefficient (Wildman–Crippen LogP) is 3.45. The van der Waals surface area contributed by atoms with Crippen LogP contribution in [0.4, 0.5) is 11.4 Å². The highest BCUT2D eigenvalue weighted by Crippen LogP contribution is 2.26. The Morgan fingerprint density at radius 3 is 2.43 bits per heavy atom. The molecule has 0 unspecified atom stereocenters. The Morgan fingerprint density at radius 2 is 1.90 bits per heavy atom. The Kier molecular flexibility index (Phi) is 4.18. The number of ether oxygens (including phenoxy) is 1. The fraction of sp³-hybridized carbons (Fsp3) is 0.133. The summed E-state index contributed by atoms with van der Waals surface area (Å²) in [6, 6.07) is 11.1. The van der Waals surface area contributed by atoms with Crippen molar-refractivity contribution in [3.8, 4) is 11.5 Å². The molecule has 0 aliphatic rings. The summed E-state index contributed by atoms with van der Waals surface area (Å²) in [7, 11) is 1.58. The number of aromatic hydroxyl groups is 1. The number of nitro groups is 1. The van der Waals surface area contributed by atoms with Crippen molar-refractivity contribution in [2.75, 3.05) is 7.11 Å². The third-order valence-corrected chi connectivity index (χ3v) is 2.95. The van der Waals surface area contributed by atoms with Gasteiger partial charge in [0.1, 0.15) is 11.5 Å². The molecule has 0 saturated heterocycles. The van der Waals surface area contributed by atoms with Crippen molar-refractivity contribution in [3.63, 3.8) is 0 Å². The summed E-state index contributed by atoms with van der Waals surface area (Å²) in [6.07, 6.45) is 0. The largest absolute Gasteiger partial charge is 0.507 e. The molecule has 108 valence electrons. The molecule has 2 aromatic carbocycles. The van der Waals surface area contributed by atoms with E-state index in [1.807, 2.05) is 0 Å². The molecule has 0 amide bonds. The van der Waals surface area contributed by atoms with Gasteiger partial charge < -0.3 is 9.84 Å². The third kappa shape index (κ3) is 3.36. The number of non-ortho nitro benzene ring substituents is 1. The molecule has 6 nitrogen and oxygen atoms in total. The standard InChI is InChI=1S/C15H14N2O4/c1-10(16-11-3-6-13(21-2)7-4-11)14-8-5-12(17(19)20)9-15(14)18/h3-9,18H,1-2H3. The number of rotatable bonds is 4. The first-order chi connectivity index (χ1) is 10.0. The highest BCUT2D eigenvalue weighted by atomic mass is 16.6. The van der Waals surface area contributed by atoms with Crippen LogP contribution in [0.3, 0.4) is 0 Å². The lowest BCUT2D eigenvalue weighted by Crippen LogP contribution is -1.96. The summed E-state index contributed by atoms with van der Waals surface area (Å²) in [6.45, 7) is 1.73. The highest BCUT2D eigenvalue weighted by molar-refractivity contribution is 6.02. The molecule has 0 spiro atoms. The fourth-order valence-electron chi connectivity index (χ4n) is 1.85. The zero-order chi connectivity index (χ0) is 15.4. The van der Waals surface area contributed by atoms with Crippen LogP contribution < -0.4 is 4.74 Å². The molecule has 0 fully saturated rings. The van der Waals surface area contributed by atoms with E-state index < -0.39 is 4.92 Å². The Morgan fingerprint density at radius 1 is 1.24 bits per heavy atom. The summed E-state index contributed by atoms with van der Waals surface area (Å²) in [5.41, 5.74) is 1.56. The topological polar surface area (TPSA) is 85.0 Å². The van der Waals surface area contributed by atoms with Crippen LogP contribution in [0.2, 0.25) is 0 Å². The average molecular weight is 286 g/mol. The second kappa shape index (κ2) is 6.04. The quantitative estimate of drug-likeness (QED) is 0.530. The van der Waals surface area contributed by atoms with E-state index in [9.17, 15) is 15.2 Å². The first kappa shape index (κ1) is 14.5. The number of nitro benzene ring substituents is 1. The minimum atomic E-state index is -0.556. The van der Waals surface area contributed by atoms with Gasteiger partial charge in [-0.3, -0.25) is 15.1 Å². The van der Waals surface area contributed by atoms with Crippen molar-refractivity contribution >= 4 is 17.1 Å². The summed E-state index contributed by atoms with van der Waals surface area (Å²) in [5, 5.41) is 20.5. The minimum absolute atomic E-state index is 0.159. The molecule has 0 radical (unpaired) electrons. The molecule has 1 N–H and O–H groups in total. The zero-order valence-corrected chi connectivity index (χ0v) is 11.6. The number of phenolic OH excluding ortho intramolecular Hbond substituents is 1. The van der Waals surface area contributed by atoms with Gasteiger partial charge in [-0.05, 0) is 37.3 Å². The molecule has 0 aliphatic heterocycles. The van der Waals surface area contributed by atoms with E-state index in [0.717, 1.165) is 11.8 Å². The van der Waals surface area contributed by atoms with Crippen LogP contribution in [0.25, 0.3) is 0 Å². The Balaban J connectivity index is 2.31. The molecule has 2 aromatic rings. The van der Waals surface area contributed by atoms with Crippen LogP contribution in [0.5, 0.6) is 11.5 Å². The Hall–Kier alpha value is -2.89. The van der Waals surface area contributed by atoms with Gasteiger partial charge in [0.05, 0.1) is 23.8 Å². The van der Waals surface area contributed by atoms with E-state index in [4.69, 9.17) is 4.74 Å². The van der Waals surface area contributed by atoms with Crippen molar-refractivity contribution in [3.05, 3.63) is 58.1 Å². The first-order valence-corrected chi connectivity index (χ1v) is 6.18. The van der Waals surface area contributed by atoms with Crippen molar-refractivity contribution in [2.45, 2.75) is 6.92 Å². The van der Waals surface area contributed by atoms with Crippen molar-refractivity contribution in [1.29, 1.82) is 0 Å². The van der Waals surface area contributed by atoms with Crippen LogP contribution >= 0.6 is 0 Å². The summed E-state index contributed by atoms with van der Waals surface area (Å²) in [4.78, 5) is 14.5. The van der Waals surface area contributed by atoms with Crippen LogP contribution in [-0.2, 0) is 0 Å². The smallest absolute Gasteiger partial charge is 0.273 e. The zero-order valence-electron chi connectivity index (χ0n) is 11.6. The van der Waals surface area contributed by atoms with Gasteiger partial charge >= 0.3 is 0 Å². The lowest BCUT2D eigenvalue weighted by atomic mass is 10.1. The van der Waals surface area contributed by atoms with E-state index in [2.05, 4.69) is 4.99 Å². The summed E-state index contributed by atoms with van der Waals surface area (Å²) >= 11 is 0. The molecular formula is C15H14N2O4.